The molecule has 1 unspecified atom stereocenters. The molecular weight excluding hydrogens is 246 g/mol. The fourth-order valence-electron chi connectivity index (χ4n) is 2.08. The monoisotopic (exact) mass is 259 g/mol. The lowest BCUT2D eigenvalue weighted by Crippen LogP contribution is -2.22. The zero-order valence-corrected chi connectivity index (χ0v) is 10.6. The Bertz CT molecular complexity index is 499. The molecule has 88 valence electrons. The Hall–Kier alpha value is -0.580. The van der Waals surface area contributed by atoms with Gasteiger partial charge in [0.25, 0.3) is 0 Å². The van der Waals surface area contributed by atoms with E-state index in [0.717, 1.165) is 5.56 Å². The van der Waals surface area contributed by atoms with Crippen LogP contribution in [0.5, 0.6) is 0 Å². The summed E-state index contributed by atoms with van der Waals surface area (Å²) in [5, 5.41) is 3.22. The van der Waals surface area contributed by atoms with Crippen LogP contribution in [0.4, 0.5) is 0 Å². The van der Waals surface area contributed by atoms with Gasteiger partial charge in [-0.3, -0.25) is 0 Å². The van der Waals surface area contributed by atoms with Crippen LogP contribution in [-0.2, 0) is 16.3 Å². The van der Waals surface area contributed by atoms with Gasteiger partial charge in [-0.25, -0.2) is 8.42 Å². The van der Waals surface area contributed by atoms with Gasteiger partial charge in [0.1, 0.15) is 0 Å². The van der Waals surface area contributed by atoms with Gasteiger partial charge < -0.3 is 5.32 Å². The van der Waals surface area contributed by atoms with Crippen LogP contribution in [0.2, 0.25) is 5.02 Å². The van der Waals surface area contributed by atoms with Crippen molar-refractivity contribution in [1.29, 1.82) is 0 Å². The van der Waals surface area contributed by atoms with E-state index in [0.29, 0.717) is 29.3 Å². The van der Waals surface area contributed by atoms with Crippen molar-refractivity contribution in [1.82, 2.24) is 5.32 Å². The van der Waals surface area contributed by atoms with Crippen LogP contribution in [0.25, 0.3) is 0 Å². The molecule has 0 aliphatic carbocycles. The molecule has 2 rings (SSSR count). The maximum absolute atomic E-state index is 12.2. The molecule has 0 spiro atoms. The highest BCUT2D eigenvalue weighted by molar-refractivity contribution is 7.92. The number of sulfone groups is 1. The van der Waals surface area contributed by atoms with Crippen LogP contribution in [0.1, 0.15) is 12.0 Å². The SMILES string of the molecule is CNCCC1Cc2c(Cl)cccc2S1(=O)=O. The molecule has 1 aromatic rings. The Morgan fingerprint density at radius 2 is 2.25 bits per heavy atom. The number of halogens is 1. The summed E-state index contributed by atoms with van der Waals surface area (Å²) < 4.78 is 24.3. The van der Waals surface area contributed by atoms with E-state index < -0.39 is 9.84 Å². The predicted octanol–water partition coefficient (Wildman–Crippen LogP) is 1.65. The molecule has 1 aliphatic rings. The summed E-state index contributed by atoms with van der Waals surface area (Å²) >= 11 is 6.02. The average Bonchev–Trinajstić information content (AvgIpc) is 2.50. The summed E-state index contributed by atoms with van der Waals surface area (Å²) in [4.78, 5) is 0.418. The van der Waals surface area contributed by atoms with E-state index in [2.05, 4.69) is 5.32 Å². The van der Waals surface area contributed by atoms with E-state index in [4.69, 9.17) is 11.6 Å². The van der Waals surface area contributed by atoms with Crippen LogP contribution < -0.4 is 5.32 Å². The standard InChI is InChI=1S/C11H14ClNO2S/c1-13-6-5-8-7-9-10(12)3-2-4-11(9)16(8,14)15/h2-4,8,13H,5-7H2,1H3. The van der Waals surface area contributed by atoms with Gasteiger partial charge in [0.05, 0.1) is 10.1 Å². The lowest BCUT2D eigenvalue weighted by molar-refractivity contribution is 0.575. The molecule has 0 fully saturated rings. The molecule has 1 atom stereocenters. The van der Waals surface area contributed by atoms with Gasteiger partial charge in [0, 0.05) is 5.02 Å². The largest absolute Gasteiger partial charge is 0.320 e. The van der Waals surface area contributed by atoms with Gasteiger partial charge in [0.15, 0.2) is 9.84 Å². The third kappa shape index (κ3) is 1.85. The first-order valence-corrected chi connectivity index (χ1v) is 7.15. The number of nitrogens with one attached hydrogen (secondary N) is 1. The highest BCUT2D eigenvalue weighted by atomic mass is 35.5. The molecular formula is C11H14ClNO2S. The van der Waals surface area contributed by atoms with E-state index in [-0.39, 0.29) is 5.25 Å². The first-order valence-electron chi connectivity index (χ1n) is 5.23. The van der Waals surface area contributed by atoms with E-state index in [1.807, 2.05) is 7.05 Å². The van der Waals surface area contributed by atoms with Crippen molar-refractivity contribution in [3.05, 3.63) is 28.8 Å². The van der Waals surface area contributed by atoms with Crippen LogP contribution >= 0.6 is 11.6 Å². The maximum Gasteiger partial charge on any atom is 0.181 e. The van der Waals surface area contributed by atoms with Crippen LogP contribution in [0, 0.1) is 0 Å². The minimum atomic E-state index is -3.17. The zero-order chi connectivity index (χ0) is 11.8. The van der Waals surface area contributed by atoms with Gasteiger partial charge >= 0.3 is 0 Å². The molecule has 5 heteroatoms. The molecule has 0 bridgehead atoms. The fourth-order valence-corrected chi connectivity index (χ4v) is 4.37. The molecule has 0 saturated heterocycles. The summed E-state index contributed by atoms with van der Waals surface area (Å²) in [7, 11) is -1.34. The summed E-state index contributed by atoms with van der Waals surface area (Å²) in [5.41, 5.74) is 0.783. The van der Waals surface area contributed by atoms with Crippen LogP contribution in [-0.4, -0.2) is 27.3 Å². The van der Waals surface area contributed by atoms with E-state index >= 15 is 0 Å². The topological polar surface area (TPSA) is 46.2 Å². The highest BCUT2D eigenvalue weighted by Crippen LogP contribution is 2.36. The van der Waals surface area contributed by atoms with Crippen molar-refractivity contribution >= 4 is 21.4 Å². The van der Waals surface area contributed by atoms with Crippen LogP contribution in [0.3, 0.4) is 0 Å². The molecule has 1 heterocycles. The van der Waals surface area contributed by atoms with Crippen molar-refractivity contribution in [3.8, 4) is 0 Å². The van der Waals surface area contributed by atoms with E-state index in [9.17, 15) is 8.42 Å². The highest BCUT2D eigenvalue weighted by Gasteiger charge is 2.37. The average molecular weight is 260 g/mol. The van der Waals surface area contributed by atoms with Gasteiger partial charge in [0.2, 0.25) is 0 Å². The van der Waals surface area contributed by atoms with Crippen molar-refractivity contribution < 1.29 is 8.42 Å². The smallest absolute Gasteiger partial charge is 0.181 e. The molecule has 1 N–H and O–H groups in total. The van der Waals surface area contributed by atoms with Crippen LogP contribution in [0.15, 0.2) is 23.1 Å². The lowest BCUT2D eigenvalue weighted by atomic mass is 10.1. The Labute approximate surface area is 101 Å². The van der Waals surface area contributed by atoms with Crippen molar-refractivity contribution in [2.75, 3.05) is 13.6 Å². The third-order valence-electron chi connectivity index (χ3n) is 2.97. The van der Waals surface area contributed by atoms with Gasteiger partial charge in [-0.05, 0) is 44.1 Å². The Balaban J connectivity index is 2.38. The number of hydrogen-bond donors (Lipinski definition) is 1. The second-order valence-corrected chi connectivity index (χ2v) is 6.58. The minimum absolute atomic E-state index is 0.324. The third-order valence-corrected chi connectivity index (χ3v) is 5.60. The van der Waals surface area contributed by atoms with Gasteiger partial charge in [-0.2, -0.15) is 0 Å². The molecule has 0 saturated carbocycles. The molecule has 3 nitrogen and oxygen atoms in total. The number of rotatable bonds is 3. The normalized spacial score (nSPS) is 22.0. The zero-order valence-electron chi connectivity index (χ0n) is 9.03. The van der Waals surface area contributed by atoms with E-state index in [1.54, 1.807) is 18.2 Å². The van der Waals surface area contributed by atoms with Gasteiger partial charge in [-0.15, -0.1) is 0 Å². The molecule has 16 heavy (non-hydrogen) atoms. The fraction of sp³-hybridized carbons (Fsp3) is 0.455. The quantitative estimate of drug-likeness (QED) is 0.898. The minimum Gasteiger partial charge on any atom is -0.320 e. The molecule has 0 radical (unpaired) electrons. The number of benzene rings is 1. The first-order chi connectivity index (χ1) is 7.57. The maximum atomic E-state index is 12.2. The predicted molar refractivity (Wildman–Crippen MR) is 64.7 cm³/mol. The summed E-state index contributed by atoms with van der Waals surface area (Å²) in [5.74, 6) is 0. The van der Waals surface area contributed by atoms with E-state index in [1.165, 1.54) is 0 Å². The lowest BCUT2D eigenvalue weighted by Gasteiger charge is -2.08. The molecule has 0 amide bonds. The second kappa shape index (κ2) is 4.35. The molecule has 1 aromatic carbocycles. The first kappa shape index (κ1) is 11.9. The summed E-state index contributed by atoms with van der Waals surface area (Å²) in [6.07, 6.45) is 1.17. The van der Waals surface area contributed by atoms with Crippen molar-refractivity contribution in [3.63, 3.8) is 0 Å². The van der Waals surface area contributed by atoms with Gasteiger partial charge in [-0.1, -0.05) is 17.7 Å². The molecule has 0 aromatic heterocycles. The van der Waals surface area contributed by atoms with Crippen molar-refractivity contribution in [2.24, 2.45) is 0 Å². The Kier molecular flexibility index (Phi) is 3.24. The Morgan fingerprint density at radius 3 is 2.88 bits per heavy atom. The number of hydrogen-bond acceptors (Lipinski definition) is 3. The Morgan fingerprint density at radius 1 is 1.50 bits per heavy atom. The number of fused-ring (bicyclic) bond motifs is 1. The molecule has 1 aliphatic heterocycles. The second-order valence-electron chi connectivity index (χ2n) is 3.98. The summed E-state index contributed by atoms with van der Waals surface area (Å²) in [6.45, 7) is 0.704. The summed E-state index contributed by atoms with van der Waals surface area (Å²) in [6, 6.07) is 5.09. The van der Waals surface area contributed by atoms with Crippen molar-refractivity contribution in [2.45, 2.75) is 23.0 Å².